The molecule has 146 valence electrons. The summed E-state index contributed by atoms with van der Waals surface area (Å²) < 4.78 is 46.4. The Hall–Kier alpha value is -3.63. The number of anilines is 1. The molecule has 11 heteroatoms. The number of hydrogen-bond donors (Lipinski definition) is 2. The lowest BCUT2D eigenvalue weighted by atomic mass is 10.1. The number of aromatic nitrogens is 1. The van der Waals surface area contributed by atoms with Crippen LogP contribution in [0.25, 0.3) is 0 Å². The average Bonchev–Trinajstić information content (AvgIpc) is 2.93. The van der Waals surface area contributed by atoms with E-state index in [2.05, 4.69) is 4.98 Å². The third-order valence-corrected chi connectivity index (χ3v) is 4.00. The van der Waals surface area contributed by atoms with Gasteiger partial charge in [0.05, 0.1) is 18.4 Å². The van der Waals surface area contributed by atoms with Gasteiger partial charge in [-0.2, -0.15) is 13.2 Å². The number of urea groups is 1. The molecular weight excluding hydrogens is 381 g/mol. The molecular formula is C17H13F3N4O4. The van der Waals surface area contributed by atoms with Crippen molar-refractivity contribution < 1.29 is 32.3 Å². The molecule has 2 N–H and O–H groups in total. The van der Waals surface area contributed by atoms with E-state index in [1.165, 1.54) is 49.7 Å². The zero-order valence-corrected chi connectivity index (χ0v) is 14.3. The molecule has 3 rings (SSSR count). The third kappa shape index (κ3) is 3.10. The molecule has 0 unspecified atom stereocenters. The summed E-state index contributed by atoms with van der Waals surface area (Å²) in [5, 5.41) is 3.16. The third-order valence-electron chi connectivity index (χ3n) is 4.00. The van der Waals surface area contributed by atoms with Gasteiger partial charge in [0, 0.05) is 12.4 Å². The van der Waals surface area contributed by atoms with Crippen molar-refractivity contribution in [2.24, 2.45) is 0 Å². The number of alkyl halides is 3. The van der Waals surface area contributed by atoms with Gasteiger partial charge in [0.15, 0.2) is 0 Å². The van der Waals surface area contributed by atoms with Crippen molar-refractivity contribution in [2.75, 3.05) is 12.0 Å². The molecule has 2 heterocycles. The Kier molecular flexibility index (Phi) is 4.67. The van der Waals surface area contributed by atoms with Crippen LogP contribution in [0.1, 0.15) is 10.4 Å². The lowest BCUT2D eigenvalue weighted by molar-refractivity contribution is -0.197. The lowest BCUT2D eigenvalue weighted by Crippen LogP contribution is -2.69. The predicted octanol–water partition coefficient (Wildman–Crippen LogP) is 1.83. The summed E-state index contributed by atoms with van der Waals surface area (Å²) in [4.78, 5) is 41.1. The Morgan fingerprint density at radius 3 is 2.43 bits per heavy atom. The second-order valence-electron chi connectivity index (χ2n) is 5.71. The number of halogens is 3. The van der Waals surface area contributed by atoms with Gasteiger partial charge in [-0.3, -0.25) is 19.9 Å². The maximum Gasteiger partial charge on any atom is 0.440 e. The number of rotatable bonds is 4. The molecule has 28 heavy (non-hydrogen) atoms. The van der Waals surface area contributed by atoms with Gasteiger partial charge >= 0.3 is 12.2 Å². The lowest BCUT2D eigenvalue weighted by Gasteiger charge is -2.29. The number of hydrogen-bond acceptors (Lipinski definition) is 5. The number of nitrogens with one attached hydrogen (secondary N) is 2. The zero-order valence-electron chi connectivity index (χ0n) is 14.3. The van der Waals surface area contributed by atoms with Crippen LogP contribution in [0.2, 0.25) is 0 Å². The summed E-state index contributed by atoms with van der Waals surface area (Å²) in [5.74, 6) is -2.54. The van der Waals surface area contributed by atoms with Crippen molar-refractivity contribution >= 4 is 23.5 Å². The van der Waals surface area contributed by atoms with Crippen LogP contribution in [0.3, 0.4) is 0 Å². The van der Waals surface area contributed by atoms with E-state index in [4.69, 9.17) is 4.74 Å². The first-order valence-electron chi connectivity index (χ1n) is 7.79. The normalized spacial score (nSPS) is 19.4. The largest absolute Gasteiger partial charge is 0.497 e. The van der Waals surface area contributed by atoms with E-state index < -0.39 is 29.7 Å². The molecule has 0 bridgehead atoms. The molecule has 2 aromatic rings. The Morgan fingerprint density at radius 2 is 1.89 bits per heavy atom. The number of amides is 4. The molecule has 1 aromatic heterocycles. The number of pyridine rings is 1. The van der Waals surface area contributed by atoms with Crippen LogP contribution in [0.5, 0.6) is 5.75 Å². The number of benzene rings is 1. The SMILES string of the molecule is COc1ccc(N2C(=O)N[C@](NC(=O)c3cccnc3)(C(F)(F)F)C2=O)cc1. The first-order chi connectivity index (χ1) is 13.2. The summed E-state index contributed by atoms with van der Waals surface area (Å²) in [7, 11) is 1.38. The van der Waals surface area contributed by atoms with E-state index in [-0.39, 0.29) is 11.3 Å². The Balaban J connectivity index is 1.98. The minimum absolute atomic E-state index is 0.120. The zero-order chi connectivity index (χ0) is 20.5. The number of carbonyl (C=O) groups is 3. The highest BCUT2D eigenvalue weighted by Crippen LogP contribution is 2.36. The van der Waals surface area contributed by atoms with Crippen LogP contribution in [-0.4, -0.2) is 41.8 Å². The van der Waals surface area contributed by atoms with Crippen LogP contribution in [0, 0.1) is 0 Å². The van der Waals surface area contributed by atoms with Crippen LogP contribution in [0.4, 0.5) is 23.7 Å². The van der Waals surface area contributed by atoms with Gasteiger partial charge in [0.2, 0.25) is 0 Å². The molecule has 0 radical (unpaired) electrons. The minimum atomic E-state index is -5.31. The van der Waals surface area contributed by atoms with Crippen molar-refractivity contribution in [3.63, 3.8) is 0 Å². The Morgan fingerprint density at radius 1 is 1.21 bits per heavy atom. The molecule has 1 fully saturated rings. The van der Waals surface area contributed by atoms with E-state index in [0.29, 0.717) is 10.6 Å². The van der Waals surface area contributed by atoms with Crippen molar-refractivity contribution in [3.05, 3.63) is 54.4 Å². The first-order valence-corrected chi connectivity index (χ1v) is 7.79. The van der Waals surface area contributed by atoms with Gasteiger partial charge in [-0.25, -0.2) is 9.69 Å². The quantitative estimate of drug-likeness (QED) is 0.771. The van der Waals surface area contributed by atoms with E-state index in [1.54, 1.807) is 10.6 Å². The first kappa shape index (κ1) is 19.1. The number of methoxy groups -OCH3 is 1. The molecule has 0 aliphatic carbocycles. The van der Waals surface area contributed by atoms with Gasteiger partial charge < -0.3 is 10.1 Å². The summed E-state index contributed by atoms with van der Waals surface area (Å²) in [6, 6.07) is 6.45. The molecule has 0 saturated carbocycles. The van der Waals surface area contributed by atoms with E-state index in [1.807, 2.05) is 0 Å². The summed E-state index contributed by atoms with van der Waals surface area (Å²) in [6.07, 6.45) is -2.95. The number of ether oxygens (including phenoxy) is 1. The van der Waals surface area contributed by atoms with Gasteiger partial charge in [-0.05, 0) is 36.4 Å². The van der Waals surface area contributed by atoms with Crippen molar-refractivity contribution in [1.82, 2.24) is 15.6 Å². The monoisotopic (exact) mass is 394 g/mol. The average molecular weight is 394 g/mol. The second kappa shape index (κ2) is 6.83. The van der Waals surface area contributed by atoms with Gasteiger partial charge in [-0.15, -0.1) is 0 Å². The number of imide groups is 1. The molecule has 1 aromatic carbocycles. The smallest absolute Gasteiger partial charge is 0.440 e. The second-order valence-corrected chi connectivity index (χ2v) is 5.71. The fraction of sp³-hybridized carbons (Fsp3) is 0.176. The van der Waals surface area contributed by atoms with Gasteiger partial charge in [-0.1, -0.05) is 0 Å². The fourth-order valence-corrected chi connectivity index (χ4v) is 2.58. The Labute approximate surface area is 156 Å². The molecule has 1 aliphatic heterocycles. The summed E-state index contributed by atoms with van der Waals surface area (Å²) >= 11 is 0. The van der Waals surface area contributed by atoms with Gasteiger partial charge in [0.1, 0.15) is 5.75 Å². The van der Waals surface area contributed by atoms with E-state index in [0.717, 1.165) is 6.20 Å². The molecule has 1 aliphatic rings. The van der Waals surface area contributed by atoms with Crippen LogP contribution >= 0.6 is 0 Å². The van der Waals surface area contributed by atoms with Crippen molar-refractivity contribution in [3.8, 4) is 5.75 Å². The minimum Gasteiger partial charge on any atom is -0.497 e. The highest BCUT2D eigenvalue weighted by Gasteiger charge is 2.69. The fourth-order valence-electron chi connectivity index (χ4n) is 2.58. The molecule has 1 saturated heterocycles. The highest BCUT2D eigenvalue weighted by molar-refractivity contribution is 6.24. The topological polar surface area (TPSA) is 101 Å². The van der Waals surface area contributed by atoms with Crippen molar-refractivity contribution in [2.45, 2.75) is 11.8 Å². The maximum absolute atomic E-state index is 13.8. The van der Waals surface area contributed by atoms with Crippen molar-refractivity contribution in [1.29, 1.82) is 0 Å². The molecule has 0 spiro atoms. The van der Waals surface area contributed by atoms with E-state index >= 15 is 0 Å². The summed E-state index contributed by atoms with van der Waals surface area (Å²) in [5.41, 5.74) is -3.95. The maximum atomic E-state index is 13.8. The highest BCUT2D eigenvalue weighted by atomic mass is 19.4. The van der Waals surface area contributed by atoms with Gasteiger partial charge in [0.25, 0.3) is 17.5 Å². The van der Waals surface area contributed by atoms with Crippen LogP contribution < -0.4 is 20.3 Å². The Bertz CT molecular complexity index is 918. The van der Waals surface area contributed by atoms with Crippen LogP contribution in [-0.2, 0) is 4.79 Å². The molecule has 8 nitrogen and oxygen atoms in total. The van der Waals surface area contributed by atoms with E-state index in [9.17, 15) is 27.6 Å². The number of carbonyl (C=O) groups excluding carboxylic acids is 3. The number of nitrogens with zero attached hydrogens (tertiary/aromatic N) is 2. The predicted molar refractivity (Wildman–Crippen MR) is 89.5 cm³/mol. The standard InChI is InChI=1S/C17H13F3N4O4/c1-28-12-6-4-11(5-7-12)24-14(26)16(17(18,19)20,23-15(24)27)22-13(25)10-3-2-8-21-9-10/h2-9H,1H3,(H,22,25)(H,23,27)/t16-/m0/s1. The molecule has 1 atom stereocenters. The molecule has 4 amide bonds. The summed E-state index contributed by atoms with van der Waals surface area (Å²) in [6.45, 7) is 0. The van der Waals surface area contributed by atoms with Crippen LogP contribution in [0.15, 0.2) is 48.8 Å².